The second-order valence-electron chi connectivity index (χ2n) is 6.92. The van der Waals surface area contributed by atoms with E-state index in [2.05, 4.69) is 4.72 Å². The lowest BCUT2D eigenvalue weighted by Gasteiger charge is -2.25. The van der Waals surface area contributed by atoms with Gasteiger partial charge in [-0.2, -0.15) is 4.31 Å². The molecule has 8 nitrogen and oxygen atoms in total. The molecule has 1 fully saturated rings. The lowest BCUT2D eigenvalue weighted by atomic mass is 10.2. The van der Waals surface area contributed by atoms with Crippen LogP contribution in [0.4, 0.5) is 0 Å². The Kier molecular flexibility index (Phi) is 7.14. The molecular weight excluding hydrogens is 428 g/mol. The lowest BCUT2D eigenvalue weighted by molar-refractivity contribution is 0.0924. The van der Waals surface area contributed by atoms with E-state index in [-0.39, 0.29) is 29.0 Å². The second kappa shape index (κ2) is 9.44. The Bertz CT molecular complexity index is 1060. The third-order valence-corrected chi connectivity index (χ3v) is 8.27. The number of nitrogens with zero attached hydrogens (tertiary/aromatic N) is 1. The minimum absolute atomic E-state index is 0.000597. The average Bonchev–Trinajstić information content (AvgIpc) is 3.27. The van der Waals surface area contributed by atoms with Gasteiger partial charge < -0.3 is 9.47 Å². The number of hydrogen-bond acceptors (Lipinski definition) is 6. The molecule has 1 N–H and O–H groups in total. The fourth-order valence-electron chi connectivity index (χ4n) is 3.34. The van der Waals surface area contributed by atoms with Crippen LogP contribution in [0.5, 0.6) is 5.75 Å². The summed E-state index contributed by atoms with van der Waals surface area (Å²) in [6.45, 7) is 0.934. The van der Waals surface area contributed by atoms with Crippen molar-refractivity contribution >= 4 is 20.0 Å². The highest BCUT2D eigenvalue weighted by atomic mass is 32.2. The summed E-state index contributed by atoms with van der Waals surface area (Å²) in [4.78, 5) is 0.0183. The van der Waals surface area contributed by atoms with Crippen molar-refractivity contribution in [3.05, 3.63) is 54.1 Å². The summed E-state index contributed by atoms with van der Waals surface area (Å²) in [5.74, 6) is 0.598. The van der Waals surface area contributed by atoms with Gasteiger partial charge in [0.2, 0.25) is 20.0 Å². The van der Waals surface area contributed by atoms with E-state index < -0.39 is 20.0 Å². The zero-order chi connectivity index (χ0) is 21.8. The molecule has 0 aromatic heterocycles. The minimum Gasteiger partial charge on any atom is -0.496 e. The van der Waals surface area contributed by atoms with Gasteiger partial charge in [-0.15, -0.1) is 0 Å². The van der Waals surface area contributed by atoms with Gasteiger partial charge in [0.05, 0.1) is 23.0 Å². The topological polar surface area (TPSA) is 102 Å². The Balaban J connectivity index is 1.94. The van der Waals surface area contributed by atoms with Gasteiger partial charge in [0.1, 0.15) is 5.75 Å². The summed E-state index contributed by atoms with van der Waals surface area (Å²) in [7, 11) is -4.71. The minimum atomic E-state index is -3.90. The maximum absolute atomic E-state index is 13.4. The van der Waals surface area contributed by atoms with E-state index in [1.807, 2.05) is 18.2 Å². The van der Waals surface area contributed by atoms with Crippen LogP contribution < -0.4 is 9.46 Å². The van der Waals surface area contributed by atoms with Crippen LogP contribution in [-0.4, -0.2) is 54.6 Å². The summed E-state index contributed by atoms with van der Waals surface area (Å²) in [6.07, 6.45) is 1.50. The smallest absolute Gasteiger partial charge is 0.243 e. The van der Waals surface area contributed by atoms with Gasteiger partial charge in [-0.3, -0.25) is 0 Å². The molecule has 0 spiro atoms. The Morgan fingerprint density at radius 3 is 2.33 bits per heavy atom. The Labute approximate surface area is 177 Å². The van der Waals surface area contributed by atoms with Crippen LogP contribution >= 0.6 is 0 Å². The van der Waals surface area contributed by atoms with E-state index in [1.165, 1.54) is 35.6 Å². The van der Waals surface area contributed by atoms with Crippen LogP contribution in [0.25, 0.3) is 0 Å². The molecule has 164 valence electrons. The molecule has 0 saturated carbocycles. The van der Waals surface area contributed by atoms with Crippen LogP contribution in [0, 0.1) is 0 Å². The number of rotatable bonds is 9. The number of ether oxygens (including phenoxy) is 2. The predicted octanol–water partition coefficient (Wildman–Crippen LogP) is 1.97. The Morgan fingerprint density at radius 1 is 1.07 bits per heavy atom. The molecule has 1 aliphatic heterocycles. The zero-order valence-electron chi connectivity index (χ0n) is 16.9. The fourth-order valence-corrected chi connectivity index (χ4v) is 5.52. The van der Waals surface area contributed by atoms with E-state index in [0.29, 0.717) is 12.4 Å². The van der Waals surface area contributed by atoms with Crippen molar-refractivity contribution in [1.82, 2.24) is 9.03 Å². The fraction of sp³-hybridized carbons (Fsp3) is 0.400. The summed E-state index contributed by atoms with van der Waals surface area (Å²) in [5.41, 5.74) is 0.732. The van der Waals surface area contributed by atoms with Gasteiger partial charge in [0, 0.05) is 25.3 Å². The number of nitrogens with one attached hydrogen (secondary N) is 1. The van der Waals surface area contributed by atoms with Gasteiger partial charge in [-0.1, -0.05) is 18.2 Å². The predicted molar refractivity (Wildman–Crippen MR) is 112 cm³/mol. The van der Waals surface area contributed by atoms with Crippen molar-refractivity contribution in [1.29, 1.82) is 0 Å². The van der Waals surface area contributed by atoms with Crippen molar-refractivity contribution in [3.63, 3.8) is 0 Å². The average molecular weight is 455 g/mol. The monoisotopic (exact) mass is 454 g/mol. The number of hydrogen-bond donors (Lipinski definition) is 1. The van der Waals surface area contributed by atoms with Gasteiger partial charge in [0.25, 0.3) is 0 Å². The summed E-state index contributed by atoms with van der Waals surface area (Å²) < 4.78 is 65.3. The number of benzene rings is 2. The third-order valence-electron chi connectivity index (χ3n) is 5.01. The van der Waals surface area contributed by atoms with Crippen molar-refractivity contribution in [3.8, 4) is 5.75 Å². The van der Waals surface area contributed by atoms with Crippen molar-refractivity contribution in [2.45, 2.75) is 35.3 Å². The number of para-hydroxylation sites is 1. The summed E-state index contributed by atoms with van der Waals surface area (Å²) in [5, 5.41) is 0. The van der Waals surface area contributed by atoms with Crippen molar-refractivity contribution in [2.24, 2.45) is 0 Å². The SMILES string of the molecule is CNS(=O)(=O)c1ccc(S(=O)(=O)N(Cc2ccccc2OC)C[C@@H]2CCCO2)cc1. The molecule has 0 aliphatic carbocycles. The first-order valence-corrected chi connectivity index (χ1v) is 12.5. The Morgan fingerprint density at radius 2 is 1.73 bits per heavy atom. The van der Waals surface area contributed by atoms with E-state index in [4.69, 9.17) is 9.47 Å². The van der Waals surface area contributed by atoms with Crippen molar-refractivity contribution in [2.75, 3.05) is 27.3 Å². The molecule has 0 unspecified atom stereocenters. The van der Waals surface area contributed by atoms with Gasteiger partial charge in [-0.05, 0) is 50.2 Å². The van der Waals surface area contributed by atoms with E-state index >= 15 is 0 Å². The zero-order valence-corrected chi connectivity index (χ0v) is 18.6. The number of sulfonamides is 2. The highest BCUT2D eigenvalue weighted by Gasteiger charge is 2.30. The molecule has 0 amide bonds. The first-order chi connectivity index (χ1) is 14.3. The van der Waals surface area contributed by atoms with Gasteiger partial charge in [-0.25, -0.2) is 21.6 Å². The summed E-state index contributed by atoms with van der Waals surface area (Å²) >= 11 is 0. The largest absolute Gasteiger partial charge is 0.496 e. The first-order valence-electron chi connectivity index (χ1n) is 9.55. The molecule has 3 rings (SSSR count). The molecule has 1 saturated heterocycles. The Hall–Kier alpha value is -1.98. The molecule has 1 heterocycles. The quantitative estimate of drug-likeness (QED) is 0.622. The van der Waals surface area contributed by atoms with Gasteiger partial charge >= 0.3 is 0 Å². The van der Waals surface area contributed by atoms with E-state index in [1.54, 1.807) is 13.2 Å². The van der Waals surface area contributed by atoms with Crippen LogP contribution in [0.1, 0.15) is 18.4 Å². The normalized spacial score (nSPS) is 17.4. The molecule has 2 aromatic rings. The van der Waals surface area contributed by atoms with Crippen LogP contribution in [0.15, 0.2) is 58.3 Å². The van der Waals surface area contributed by atoms with Gasteiger partial charge in [0.15, 0.2) is 0 Å². The second-order valence-corrected chi connectivity index (χ2v) is 10.7. The van der Waals surface area contributed by atoms with Crippen LogP contribution in [0.2, 0.25) is 0 Å². The van der Waals surface area contributed by atoms with Crippen LogP contribution in [0.3, 0.4) is 0 Å². The maximum Gasteiger partial charge on any atom is 0.243 e. The number of methoxy groups -OCH3 is 1. The lowest BCUT2D eigenvalue weighted by Crippen LogP contribution is -2.37. The van der Waals surface area contributed by atoms with E-state index in [0.717, 1.165) is 18.4 Å². The molecule has 0 radical (unpaired) electrons. The standard InChI is InChI=1S/C20H26N2O6S2/c1-21-29(23,24)18-9-11-19(12-10-18)30(25,26)22(15-17-7-5-13-28-17)14-16-6-3-4-8-20(16)27-2/h3-4,6,8-12,17,21H,5,7,13-15H2,1-2H3/t17-/m0/s1. The first kappa shape index (κ1) is 22.7. The van der Waals surface area contributed by atoms with Crippen LogP contribution in [-0.2, 0) is 31.3 Å². The molecule has 1 atom stereocenters. The molecule has 2 aromatic carbocycles. The third kappa shape index (κ3) is 5.01. The summed E-state index contributed by atoms with van der Waals surface area (Å²) in [6, 6.07) is 12.4. The van der Waals surface area contributed by atoms with Crippen molar-refractivity contribution < 1.29 is 26.3 Å². The molecule has 10 heteroatoms. The molecule has 0 bridgehead atoms. The van der Waals surface area contributed by atoms with E-state index in [9.17, 15) is 16.8 Å². The molecule has 30 heavy (non-hydrogen) atoms. The highest BCUT2D eigenvalue weighted by Crippen LogP contribution is 2.26. The maximum atomic E-state index is 13.4. The highest BCUT2D eigenvalue weighted by molar-refractivity contribution is 7.89. The molecule has 1 aliphatic rings. The molecular formula is C20H26N2O6S2.